The number of aliphatic carboxylic acids is 1. The number of ketones is 1. The minimum Gasteiger partial charge on any atom is -0.481 e. The summed E-state index contributed by atoms with van der Waals surface area (Å²) in [5.74, 6) is -5.02. The first-order valence-electron chi connectivity index (χ1n) is 12.0. The van der Waals surface area contributed by atoms with Crippen LogP contribution in [0, 0.1) is 17.2 Å². The molecular formula is C29H21N5O5. The lowest BCUT2D eigenvalue weighted by atomic mass is 9.98. The number of carboxylic acids is 1. The first-order valence-corrected chi connectivity index (χ1v) is 12.0. The van der Waals surface area contributed by atoms with Gasteiger partial charge in [-0.1, -0.05) is 42.5 Å². The number of carboxylic acid groups (broad SMARTS) is 1. The number of benzene rings is 3. The van der Waals surface area contributed by atoms with Crippen LogP contribution in [0.2, 0.25) is 0 Å². The maximum atomic E-state index is 13.6. The van der Waals surface area contributed by atoms with E-state index in [0.29, 0.717) is 40.3 Å². The lowest BCUT2D eigenvalue weighted by molar-refractivity contribution is -0.139. The molecule has 5 rings (SSSR count). The molecule has 2 amide bonds. The maximum absolute atomic E-state index is 13.6. The van der Waals surface area contributed by atoms with Crippen molar-refractivity contribution in [2.75, 3.05) is 10.6 Å². The second-order valence-corrected chi connectivity index (χ2v) is 8.87. The SMILES string of the molecule is N#CC(C(=O)Nc1ccccc1)C(=O)c1nn(-c2ccccc2)c2c1Cc1ccc(NC(=O)CC(=O)O)cc1-2. The first kappa shape index (κ1) is 25.1. The van der Waals surface area contributed by atoms with E-state index in [-0.39, 0.29) is 5.69 Å². The highest BCUT2D eigenvalue weighted by Crippen LogP contribution is 2.41. The Morgan fingerprint density at radius 3 is 2.31 bits per heavy atom. The molecule has 4 aromatic rings. The number of rotatable bonds is 8. The molecule has 0 radical (unpaired) electrons. The summed E-state index contributed by atoms with van der Waals surface area (Å²) in [6.07, 6.45) is -0.357. The number of hydrogen-bond acceptors (Lipinski definition) is 6. The number of aromatic nitrogens is 2. The summed E-state index contributed by atoms with van der Waals surface area (Å²) in [5.41, 5.74) is 4.20. The van der Waals surface area contributed by atoms with Crippen molar-refractivity contribution < 1.29 is 24.3 Å². The number of anilines is 2. The van der Waals surface area contributed by atoms with Crippen LogP contribution in [-0.2, 0) is 20.8 Å². The molecule has 0 saturated heterocycles. The molecule has 1 heterocycles. The monoisotopic (exact) mass is 519 g/mol. The van der Waals surface area contributed by atoms with Gasteiger partial charge >= 0.3 is 5.97 Å². The Hall–Kier alpha value is -5.56. The molecule has 3 N–H and O–H groups in total. The zero-order valence-corrected chi connectivity index (χ0v) is 20.4. The van der Waals surface area contributed by atoms with E-state index in [9.17, 15) is 24.4 Å². The van der Waals surface area contributed by atoms with E-state index in [1.165, 1.54) is 0 Å². The van der Waals surface area contributed by atoms with Crippen molar-refractivity contribution in [2.45, 2.75) is 12.8 Å². The second kappa shape index (κ2) is 10.4. The minimum atomic E-state index is -1.62. The molecule has 0 saturated carbocycles. The third-order valence-electron chi connectivity index (χ3n) is 6.24. The summed E-state index contributed by atoms with van der Waals surface area (Å²) in [5, 5.41) is 28.4. The van der Waals surface area contributed by atoms with Crippen molar-refractivity contribution in [3.8, 4) is 23.0 Å². The van der Waals surface area contributed by atoms with E-state index in [1.54, 1.807) is 53.2 Å². The Kier molecular flexibility index (Phi) is 6.72. The van der Waals surface area contributed by atoms with Crippen LogP contribution in [0.5, 0.6) is 0 Å². The van der Waals surface area contributed by atoms with Gasteiger partial charge in [-0.25, -0.2) is 4.68 Å². The zero-order valence-electron chi connectivity index (χ0n) is 20.4. The molecule has 1 aliphatic rings. The number of nitriles is 1. The molecular weight excluding hydrogens is 498 g/mol. The van der Waals surface area contributed by atoms with Gasteiger partial charge in [0, 0.05) is 28.9 Å². The Labute approximate surface area is 222 Å². The predicted molar refractivity (Wildman–Crippen MR) is 141 cm³/mol. The summed E-state index contributed by atoms with van der Waals surface area (Å²) >= 11 is 0. The number of nitrogens with one attached hydrogen (secondary N) is 2. The predicted octanol–water partition coefficient (Wildman–Crippen LogP) is 3.82. The van der Waals surface area contributed by atoms with Crippen molar-refractivity contribution in [2.24, 2.45) is 5.92 Å². The molecule has 39 heavy (non-hydrogen) atoms. The van der Waals surface area contributed by atoms with Crippen LogP contribution in [0.3, 0.4) is 0 Å². The van der Waals surface area contributed by atoms with Crippen LogP contribution in [0.15, 0.2) is 78.9 Å². The molecule has 1 atom stereocenters. The smallest absolute Gasteiger partial charge is 0.312 e. The number of fused-ring (bicyclic) bond motifs is 3. The Morgan fingerprint density at radius 1 is 0.949 bits per heavy atom. The average molecular weight is 520 g/mol. The molecule has 0 spiro atoms. The van der Waals surface area contributed by atoms with Gasteiger partial charge in [0.25, 0.3) is 0 Å². The van der Waals surface area contributed by atoms with Crippen LogP contribution < -0.4 is 10.6 Å². The number of hydrogen-bond donors (Lipinski definition) is 3. The third-order valence-corrected chi connectivity index (χ3v) is 6.24. The van der Waals surface area contributed by atoms with E-state index >= 15 is 0 Å². The number of carbonyl (C=O) groups excluding carboxylic acids is 3. The number of carbonyl (C=O) groups is 4. The highest BCUT2D eigenvalue weighted by atomic mass is 16.4. The van der Waals surface area contributed by atoms with E-state index in [0.717, 1.165) is 5.56 Å². The van der Waals surface area contributed by atoms with Crippen LogP contribution in [0.4, 0.5) is 11.4 Å². The van der Waals surface area contributed by atoms with Gasteiger partial charge in [0.2, 0.25) is 17.6 Å². The van der Waals surface area contributed by atoms with E-state index < -0.39 is 35.9 Å². The van der Waals surface area contributed by atoms with Gasteiger partial charge in [0.1, 0.15) is 12.1 Å². The second-order valence-electron chi connectivity index (χ2n) is 8.87. The summed E-state index contributed by atoms with van der Waals surface area (Å²) in [7, 11) is 0. The average Bonchev–Trinajstić information content (AvgIpc) is 3.47. The van der Waals surface area contributed by atoms with Gasteiger partial charge in [-0.2, -0.15) is 10.4 Å². The topological polar surface area (TPSA) is 154 Å². The molecule has 0 aliphatic heterocycles. The number of para-hydroxylation sites is 2. The first-order chi connectivity index (χ1) is 18.9. The van der Waals surface area contributed by atoms with E-state index in [4.69, 9.17) is 5.11 Å². The largest absolute Gasteiger partial charge is 0.481 e. The maximum Gasteiger partial charge on any atom is 0.312 e. The normalized spacial score (nSPS) is 12.0. The fourth-order valence-electron chi connectivity index (χ4n) is 4.52. The Morgan fingerprint density at radius 2 is 1.64 bits per heavy atom. The Bertz CT molecular complexity index is 1650. The molecule has 10 heteroatoms. The standard InChI is InChI=1S/C29H21N5O5/c30-16-23(29(39)32-18-7-3-1-4-8-18)28(38)26-22-13-17-11-12-19(31-24(35)15-25(36)37)14-21(17)27(22)34(33-26)20-9-5-2-6-10-20/h1-12,14,23H,13,15H2,(H,31,35)(H,32,39)(H,36,37). The Balaban J connectivity index is 1.55. The van der Waals surface area contributed by atoms with Crippen LogP contribution >= 0.6 is 0 Å². The third kappa shape index (κ3) is 5.01. The molecule has 1 aliphatic carbocycles. The summed E-state index contributed by atoms with van der Waals surface area (Å²) in [6.45, 7) is 0. The van der Waals surface area contributed by atoms with Gasteiger partial charge < -0.3 is 15.7 Å². The van der Waals surface area contributed by atoms with Gasteiger partial charge in [-0.3, -0.25) is 19.2 Å². The molecule has 0 bridgehead atoms. The van der Waals surface area contributed by atoms with Crippen LogP contribution in [0.1, 0.15) is 28.0 Å². The molecule has 10 nitrogen and oxygen atoms in total. The fraction of sp³-hybridized carbons (Fsp3) is 0.103. The highest BCUT2D eigenvalue weighted by molar-refractivity contribution is 6.16. The van der Waals surface area contributed by atoms with Crippen molar-refractivity contribution in [1.29, 1.82) is 5.26 Å². The quantitative estimate of drug-likeness (QED) is 0.208. The summed E-state index contributed by atoms with van der Waals surface area (Å²) < 4.78 is 1.58. The van der Waals surface area contributed by atoms with E-state index in [1.807, 2.05) is 36.4 Å². The minimum absolute atomic E-state index is 0.0104. The molecule has 3 aromatic carbocycles. The van der Waals surface area contributed by atoms with Crippen molar-refractivity contribution in [3.05, 3.63) is 95.7 Å². The molecule has 1 aromatic heterocycles. The highest BCUT2D eigenvalue weighted by Gasteiger charge is 2.36. The fourth-order valence-corrected chi connectivity index (χ4v) is 4.52. The van der Waals surface area contributed by atoms with Crippen molar-refractivity contribution >= 4 is 34.9 Å². The van der Waals surface area contributed by atoms with Crippen LogP contribution in [0.25, 0.3) is 16.9 Å². The lowest BCUT2D eigenvalue weighted by Crippen LogP contribution is -2.29. The van der Waals surface area contributed by atoms with E-state index in [2.05, 4.69) is 15.7 Å². The number of amides is 2. The van der Waals surface area contributed by atoms with Gasteiger partial charge in [0.05, 0.1) is 17.5 Å². The van der Waals surface area contributed by atoms with Crippen molar-refractivity contribution in [1.82, 2.24) is 9.78 Å². The van der Waals surface area contributed by atoms with Crippen molar-refractivity contribution in [3.63, 3.8) is 0 Å². The lowest BCUT2D eigenvalue weighted by Gasteiger charge is -2.11. The summed E-state index contributed by atoms with van der Waals surface area (Å²) in [6, 6.07) is 24.6. The van der Waals surface area contributed by atoms with Gasteiger partial charge in [-0.05, 0) is 42.0 Å². The molecule has 192 valence electrons. The van der Waals surface area contributed by atoms with Gasteiger partial charge in [0.15, 0.2) is 5.92 Å². The molecule has 0 fully saturated rings. The van der Waals surface area contributed by atoms with Crippen LogP contribution in [-0.4, -0.2) is 38.5 Å². The summed E-state index contributed by atoms with van der Waals surface area (Å²) in [4.78, 5) is 49.4. The zero-order chi connectivity index (χ0) is 27.5. The number of Topliss-reactive ketones (excluding diaryl/α,β-unsaturated/α-hetero) is 1. The molecule has 1 unspecified atom stereocenters. The number of nitrogens with zero attached hydrogens (tertiary/aromatic N) is 3. The van der Waals surface area contributed by atoms with Gasteiger partial charge in [-0.15, -0.1) is 0 Å².